The van der Waals surface area contributed by atoms with Crippen LogP contribution in [0.15, 0.2) is 24.3 Å². The third-order valence-electron chi connectivity index (χ3n) is 4.99. The summed E-state index contributed by atoms with van der Waals surface area (Å²) in [5.41, 5.74) is 1.16. The highest BCUT2D eigenvalue weighted by Crippen LogP contribution is 2.27. The first-order valence-electron chi connectivity index (χ1n) is 8.72. The molecule has 0 radical (unpaired) electrons. The van der Waals surface area contributed by atoms with Crippen molar-refractivity contribution in [2.75, 3.05) is 45.9 Å². The zero-order valence-corrected chi connectivity index (χ0v) is 17.4. The van der Waals surface area contributed by atoms with Gasteiger partial charge in [-0.3, -0.25) is 9.69 Å². The minimum atomic E-state index is 0. The molecule has 0 spiro atoms. The second kappa shape index (κ2) is 11.3. The molecule has 1 aromatic carbocycles. The number of amides is 1. The SMILES string of the molecule is CC(c1ccccc1Cl)N1CCN(C(=O)CC2COCCN2)CC1.Cl.Cl. The first-order valence-corrected chi connectivity index (χ1v) is 9.10. The van der Waals surface area contributed by atoms with Crippen LogP contribution in [-0.4, -0.2) is 67.7 Å². The maximum atomic E-state index is 12.5. The van der Waals surface area contributed by atoms with Crippen molar-refractivity contribution in [1.29, 1.82) is 0 Å². The summed E-state index contributed by atoms with van der Waals surface area (Å²) < 4.78 is 5.43. The maximum absolute atomic E-state index is 12.5. The summed E-state index contributed by atoms with van der Waals surface area (Å²) in [6.07, 6.45) is 0.528. The van der Waals surface area contributed by atoms with Crippen LogP contribution in [0, 0.1) is 0 Å². The first-order chi connectivity index (χ1) is 11.6. The van der Waals surface area contributed by atoms with Gasteiger partial charge in [-0.2, -0.15) is 0 Å². The van der Waals surface area contributed by atoms with Crippen molar-refractivity contribution in [2.45, 2.75) is 25.4 Å². The molecule has 2 saturated heterocycles. The lowest BCUT2D eigenvalue weighted by atomic mass is 10.1. The van der Waals surface area contributed by atoms with Gasteiger partial charge in [-0.15, -0.1) is 24.8 Å². The van der Waals surface area contributed by atoms with Gasteiger partial charge in [0.15, 0.2) is 0 Å². The minimum Gasteiger partial charge on any atom is -0.378 e. The Morgan fingerprint density at radius 3 is 2.58 bits per heavy atom. The third kappa shape index (κ3) is 5.98. The zero-order chi connectivity index (χ0) is 16.9. The van der Waals surface area contributed by atoms with Crippen molar-refractivity contribution < 1.29 is 9.53 Å². The monoisotopic (exact) mass is 423 g/mol. The van der Waals surface area contributed by atoms with E-state index in [1.165, 1.54) is 0 Å². The Morgan fingerprint density at radius 2 is 1.96 bits per heavy atom. The van der Waals surface area contributed by atoms with Crippen molar-refractivity contribution in [2.24, 2.45) is 0 Å². The molecule has 2 fully saturated rings. The van der Waals surface area contributed by atoms with Crippen LogP contribution in [0.5, 0.6) is 0 Å². The molecule has 1 aromatic rings. The molecule has 0 bridgehead atoms. The molecule has 26 heavy (non-hydrogen) atoms. The van der Waals surface area contributed by atoms with E-state index in [9.17, 15) is 4.79 Å². The van der Waals surface area contributed by atoms with Gasteiger partial charge in [-0.05, 0) is 18.6 Å². The van der Waals surface area contributed by atoms with E-state index in [4.69, 9.17) is 16.3 Å². The number of carbonyl (C=O) groups is 1. The van der Waals surface area contributed by atoms with E-state index in [-0.39, 0.29) is 42.8 Å². The molecule has 0 saturated carbocycles. The van der Waals surface area contributed by atoms with E-state index in [2.05, 4.69) is 23.2 Å². The standard InChI is InChI=1S/C18H26ClN3O2.2ClH/c1-14(16-4-2-3-5-17(16)19)21-7-9-22(10-8-21)18(23)12-15-13-24-11-6-20-15;;/h2-5,14-15,20H,6-13H2,1H3;2*1H. The van der Waals surface area contributed by atoms with Crippen LogP contribution in [0.4, 0.5) is 0 Å². The van der Waals surface area contributed by atoms with Gasteiger partial charge >= 0.3 is 0 Å². The molecule has 2 aliphatic rings. The predicted octanol–water partition coefficient (Wildman–Crippen LogP) is 2.77. The number of nitrogens with zero attached hydrogens (tertiary/aromatic N) is 2. The Balaban J connectivity index is 0.00000169. The number of hydrogen-bond acceptors (Lipinski definition) is 4. The molecule has 2 heterocycles. The van der Waals surface area contributed by atoms with Crippen LogP contribution < -0.4 is 5.32 Å². The minimum absolute atomic E-state index is 0. The molecule has 148 valence electrons. The van der Waals surface area contributed by atoms with E-state index in [0.717, 1.165) is 49.9 Å². The molecular formula is C18H28Cl3N3O2. The number of piperazine rings is 1. The smallest absolute Gasteiger partial charge is 0.224 e. The lowest BCUT2D eigenvalue weighted by molar-refractivity contribution is -0.134. The number of carbonyl (C=O) groups excluding carboxylic acids is 1. The summed E-state index contributed by atoms with van der Waals surface area (Å²) >= 11 is 6.32. The zero-order valence-electron chi connectivity index (χ0n) is 15.0. The van der Waals surface area contributed by atoms with Gasteiger partial charge in [-0.25, -0.2) is 0 Å². The van der Waals surface area contributed by atoms with E-state index in [1.54, 1.807) is 0 Å². The summed E-state index contributed by atoms with van der Waals surface area (Å²) in [6, 6.07) is 8.43. The Bertz CT molecular complexity index is 562. The molecule has 2 atom stereocenters. The Morgan fingerprint density at radius 1 is 1.27 bits per heavy atom. The fourth-order valence-electron chi connectivity index (χ4n) is 3.46. The quantitative estimate of drug-likeness (QED) is 0.807. The molecule has 2 aliphatic heterocycles. The topological polar surface area (TPSA) is 44.8 Å². The predicted molar refractivity (Wildman–Crippen MR) is 110 cm³/mol. The molecule has 1 N–H and O–H groups in total. The molecule has 1 amide bonds. The largest absolute Gasteiger partial charge is 0.378 e. The molecule has 8 heteroatoms. The Kier molecular flexibility index (Phi) is 10.2. The average molecular weight is 425 g/mol. The third-order valence-corrected chi connectivity index (χ3v) is 5.33. The van der Waals surface area contributed by atoms with Gasteiger partial charge in [0.1, 0.15) is 0 Å². The van der Waals surface area contributed by atoms with Crippen molar-refractivity contribution in [3.63, 3.8) is 0 Å². The number of benzene rings is 1. The van der Waals surface area contributed by atoms with Gasteiger partial charge in [0.2, 0.25) is 5.91 Å². The summed E-state index contributed by atoms with van der Waals surface area (Å²) in [5, 5.41) is 4.16. The average Bonchev–Trinajstić information content (AvgIpc) is 2.62. The second-order valence-electron chi connectivity index (χ2n) is 6.54. The molecular weight excluding hydrogens is 397 g/mol. The maximum Gasteiger partial charge on any atom is 0.224 e. The fourth-order valence-corrected chi connectivity index (χ4v) is 3.75. The van der Waals surface area contributed by atoms with Crippen molar-refractivity contribution in [1.82, 2.24) is 15.1 Å². The van der Waals surface area contributed by atoms with E-state index in [0.29, 0.717) is 13.0 Å². The van der Waals surface area contributed by atoms with Crippen molar-refractivity contribution in [3.05, 3.63) is 34.9 Å². The summed E-state index contributed by atoms with van der Waals surface area (Å²) in [5.74, 6) is 0.225. The second-order valence-corrected chi connectivity index (χ2v) is 6.95. The Labute approximate surface area is 173 Å². The van der Waals surface area contributed by atoms with Crippen molar-refractivity contribution >= 4 is 42.3 Å². The fraction of sp³-hybridized carbons (Fsp3) is 0.611. The number of rotatable bonds is 4. The summed E-state index contributed by atoms with van der Waals surface area (Å²) in [7, 11) is 0. The molecule has 2 unspecified atom stereocenters. The van der Waals surface area contributed by atoms with Gasteiger partial charge in [0, 0.05) is 56.3 Å². The Hall–Kier alpha value is -0.560. The van der Waals surface area contributed by atoms with Crippen molar-refractivity contribution in [3.8, 4) is 0 Å². The van der Waals surface area contributed by atoms with Crippen LogP contribution in [0.3, 0.4) is 0 Å². The summed E-state index contributed by atoms with van der Waals surface area (Å²) in [4.78, 5) is 16.8. The van der Waals surface area contributed by atoms with E-state index in [1.807, 2.05) is 23.1 Å². The highest BCUT2D eigenvalue weighted by molar-refractivity contribution is 6.31. The lowest BCUT2D eigenvalue weighted by Gasteiger charge is -2.39. The molecule has 0 aliphatic carbocycles. The number of nitrogens with one attached hydrogen (secondary N) is 1. The van der Waals surface area contributed by atoms with E-state index >= 15 is 0 Å². The number of halogens is 3. The number of hydrogen-bond donors (Lipinski definition) is 1. The van der Waals surface area contributed by atoms with Gasteiger partial charge in [0.05, 0.1) is 13.2 Å². The normalized spacial score (nSPS) is 22.1. The van der Waals surface area contributed by atoms with Gasteiger partial charge < -0.3 is 15.0 Å². The van der Waals surface area contributed by atoms with Crippen LogP contribution in [-0.2, 0) is 9.53 Å². The van der Waals surface area contributed by atoms with Crippen LogP contribution in [0.1, 0.15) is 24.9 Å². The van der Waals surface area contributed by atoms with Crippen LogP contribution >= 0.6 is 36.4 Å². The van der Waals surface area contributed by atoms with Crippen LogP contribution in [0.25, 0.3) is 0 Å². The number of morpholine rings is 1. The first kappa shape index (κ1) is 23.5. The molecule has 0 aromatic heterocycles. The molecule has 3 rings (SSSR count). The highest BCUT2D eigenvalue weighted by atomic mass is 35.5. The number of ether oxygens (including phenoxy) is 1. The summed E-state index contributed by atoms with van der Waals surface area (Å²) in [6.45, 7) is 7.71. The highest BCUT2D eigenvalue weighted by Gasteiger charge is 2.27. The van der Waals surface area contributed by atoms with Gasteiger partial charge in [-0.1, -0.05) is 29.8 Å². The van der Waals surface area contributed by atoms with E-state index < -0.39 is 0 Å². The van der Waals surface area contributed by atoms with Crippen LogP contribution in [0.2, 0.25) is 5.02 Å². The lowest BCUT2D eigenvalue weighted by Crippen LogP contribution is -2.51. The van der Waals surface area contributed by atoms with Gasteiger partial charge in [0.25, 0.3) is 0 Å². The molecule has 5 nitrogen and oxygen atoms in total.